The van der Waals surface area contributed by atoms with Crippen LogP contribution in [0.4, 0.5) is 0 Å². The Morgan fingerprint density at radius 2 is 1.05 bits per heavy atom. The third-order valence-corrected chi connectivity index (χ3v) is 7.49. The maximum absolute atomic E-state index is 11.3. The number of fused-ring (bicyclic) bond motifs is 4. The van der Waals surface area contributed by atoms with E-state index in [-0.39, 0.29) is 33.2 Å². The highest BCUT2D eigenvalue weighted by molar-refractivity contribution is 5.86. The summed E-state index contributed by atoms with van der Waals surface area (Å²) < 4.78 is 0. The van der Waals surface area contributed by atoms with Gasteiger partial charge in [-0.1, -0.05) is 88.3 Å². The van der Waals surface area contributed by atoms with Crippen molar-refractivity contribution >= 4 is 12.4 Å². The number of aromatic hydroxyl groups is 2. The molecule has 3 rings (SSSR count). The Hall–Kier alpha value is -2.70. The Bertz CT molecular complexity index is 1170. The van der Waals surface area contributed by atoms with Gasteiger partial charge in [0.25, 0.3) is 0 Å². The van der Waals surface area contributed by atoms with Crippen molar-refractivity contribution in [2.45, 2.75) is 106 Å². The minimum atomic E-state index is -0.411. The maximum Gasteiger partial charge on any atom is 0.144 e. The van der Waals surface area contributed by atoms with Gasteiger partial charge in [-0.2, -0.15) is 0 Å². The number of phenols is 2. The first-order chi connectivity index (χ1) is 18.3. The molecule has 0 radical (unpaired) electrons. The van der Waals surface area contributed by atoms with Gasteiger partial charge >= 0.3 is 0 Å². The van der Waals surface area contributed by atoms with Crippen LogP contribution in [0.25, 0.3) is 0 Å². The van der Waals surface area contributed by atoms with Crippen molar-refractivity contribution in [1.82, 2.24) is 10.6 Å². The van der Waals surface area contributed by atoms with Crippen LogP contribution in [0.15, 0.2) is 34.3 Å². The number of phenolic OH excluding ortho intramolecular Hbond substituents is 2. The van der Waals surface area contributed by atoms with Crippen molar-refractivity contribution in [3.05, 3.63) is 57.6 Å². The summed E-state index contributed by atoms with van der Waals surface area (Å²) in [6.07, 6.45) is 3.11. The van der Waals surface area contributed by atoms with Crippen LogP contribution < -0.4 is 10.6 Å². The maximum atomic E-state index is 11.3. The van der Waals surface area contributed by atoms with Crippen molar-refractivity contribution in [3.8, 4) is 11.5 Å². The normalized spacial score (nSPS) is 19.5. The Labute approximate surface area is 242 Å². The van der Waals surface area contributed by atoms with E-state index in [1.807, 2.05) is 12.1 Å². The zero-order valence-corrected chi connectivity index (χ0v) is 26.7. The fourth-order valence-electron chi connectivity index (χ4n) is 4.69. The van der Waals surface area contributed by atoms with Crippen LogP contribution in [0.2, 0.25) is 0 Å². The van der Waals surface area contributed by atoms with Crippen LogP contribution in [0.3, 0.4) is 0 Å². The molecule has 0 atom stereocenters. The molecule has 0 spiro atoms. The van der Waals surface area contributed by atoms with Gasteiger partial charge < -0.3 is 20.8 Å². The number of benzene rings is 2. The molecule has 0 aromatic heterocycles. The van der Waals surface area contributed by atoms with Crippen LogP contribution in [0.1, 0.15) is 110 Å². The molecule has 2 aromatic rings. The standard InChI is InChI=1S/C34H52N4O2/c1-31(2,3)26-12-22-16-35-20-34(10,11)21-36-17-23-13-27(32(4,5)6)15-25(29(23)40)19-38-30(33(7,8)9)37-18-24(14-26)28(22)39/h12-15,18-19,30,35-36,39-40H,16-17,20-21H2,1-11H3/b37-18+,38-19+. The van der Waals surface area contributed by atoms with Gasteiger partial charge in [-0.25, -0.2) is 0 Å². The smallest absolute Gasteiger partial charge is 0.144 e. The molecule has 1 aliphatic rings. The average molecular weight is 549 g/mol. The second-order valence-corrected chi connectivity index (χ2v) is 15.3. The van der Waals surface area contributed by atoms with Crippen molar-refractivity contribution in [1.29, 1.82) is 0 Å². The second kappa shape index (κ2) is 11.7. The van der Waals surface area contributed by atoms with E-state index in [0.29, 0.717) is 24.2 Å². The molecule has 2 aromatic carbocycles. The summed E-state index contributed by atoms with van der Waals surface area (Å²) in [6.45, 7) is 26.4. The van der Waals surface area contributed by atoms with E-state index >= 15 is 0 Å². The van der Waals surface area contributed by atoms with Crippen LogP contribution in [0.5, 0.6) is 11.5 Å². The SMILES string of the molecule is CC1(C)CNCc2cc(C(C)(C)C)cc(c2O)/C=N/C(C(C)(C)C)/N=C/c2cc(C(C)(C)C)cc(c2O)CNC1. The zero-order chi connectivity index (χ0) is 30.1. The highest BCUT2D eigenvalue weighted by atomic mass is 16.3. The van der Waals surface area contributed by atoms with Gasteiger partial charge in [0.1, 0.15) is 17.7 Å². The molecule has 220 valence electrons. The highest BCUT2D eigenvalue weighted by Gasteiger charge is 2.25. The summed E-state index contributed by atoms with van der Waals surface area (Å²) in [5.74, 6) is 0.496. The molecular weight excluding hydrogens is 496 g/mol. The van der Waals surface area contributed by atoms with E-state index in [0.717, 1.165) is 35.3 Å². The van der Waals surface area contributed by atoms with Crippen LogP contribution in [0, 0.1) is 10.8 Å². The van der Waals surface area contributed by atoms with Crippen LogP contribution in [-0.4, -0.2) is 41.9 Å². The third kappa shape index (κ3) is 8.17. The van der Waals surface area contributed by atoms with E-state index in [4.69, 9.17) is 9.98 Å². The van der Waals surface area contributed by atoms with Crippen molar-refractivity contribution in [3.63, 3.8) is 0 Å². The molecule has 6 heteroatoms. The molecule has 1 aliphatic heterocycles. The first-order valence-electron chi connectivity index (χ1n) is 14.5. The Balaban J connectivity index is 2.19. The molecule has 4 bridgehead atoms. The van der Waals surface area contributed by atoms with Gasteiger partial charge in [0.2, 0.25) is 0 Å². The summed E-state index contributed by atoms with van der Waals surface area (Å²) in [5, 5.41) is 29.7. The molecule has 4 N–H and O–H groups in total. The predicted molar refractivity (Wildman–Crippen MR) is 169 cm³/mol. The monoisotopic (exact) mass is 548 g/mol. The minimum Gasteiger partial charge on any atom is -0.507 e. The zero-order valence-electron chi connectivity index (χ0n) is 26.7. The van der Waals surface area contributed by atoms with E-state index in [1.165, 1.54) is 0 Å². The first kappa shape index (κ1) is 31.8. The van der Waals surface area contributed by atoms with Gasteiger partial charge in [0.05, 0.1) is 0 Å². The van der Waals surface area contributed by atoms with Crippen molar-refractivity contribution < 1.29 is 10.2 Å². The number of nitrogens with one attached hydrogen (secondary N) is 2. The molecular formula is C34H52N4O2. The van der Waals surface area contributed by atoms with E-state index in [2.05, 4.69) is 98.9 Å². The quantitative estimate of drug-likeness (QED) is 0.291. The lowest BCUT2D eigenvalue weighted by Gasteiger charge is -2.27. The molecule has 0 saturated heterocycles. The molecule has 0 unspecified atom stereocenters. The lowest BCUT2D eigenvalue weighted by molar-refractivity contribution is 0.317. The van der Waals surface area contributed by atoms with E-state index in [1.54, 1.807) is 12.4 Å². The summed E-state index contributed by atoms with van der Waals surface area (Å²) in [6, 6.07) is 8.27. The van der Waals surface area contributed by atoms with Gasteiger partial charge in [-0.05, 0) is 39.5 Å². The largest absolute Gasteiger partial charge is 0.507 e. The second-order valence-electron chi connectivity index (χ2n) is 15.3. The number of rotatable bonds is 0. The molecule has 0 amide bonds. The molecule has 1 heterocycles. The number of hydrogen-bond acceptors (Lipinski definition) is 6. The van der Waals surface area contributed by atoms with Gasteiger partial charge in [-0.3, -0.25) is 9.98 Å². The van der Waals surface area contributed by atoms with Gasteiger partial charge in [0.15, 0.2) is 0 Å². The van der Waals surface area contributed by atoms with Gasteiger partial charge in [-0.15, -0.1) is 0 Å². The molecule has 6 nitrogen and oxygen atoms in total. The number of aliphatic imine (C=N–C) groups is 2. The number of hydrogen-bond donors (Lipinski definition) is 4. The molecule has 0 fully saturated rings. The number of nitrogens with zero attached hydrogens (tertiary/aromatic N) is 2. The molecule has 0 aliphatic carbocycles. The van der Waals surface area contributed by atoms with Crippen LogP contribution >= 0.6 is 0 Å². The first-order valence-corrected chi connectivity index (χ1v) is 14.5. The predicted octanol–water partition coefficient (Wildman–Crippen LogP) is 6.82. The Kier molecular flexibility index (Phi) is 9.27. The van der Waals surface area contributed by atoms with Crippen molar-refractivity contribution in [2.75, 3.05) is 13.1 Å². The summed E-state index contributed by atoms with van der Waals surface area (Å²) in [5.41, 5.74) is 4.91. The lowest BCUT2D eigenvalue weighted by atomic mass is 9.84. The lowest BCUT2D eigenvalue weighted by Crippen LogP contribution is -2.37. The minimum absolute atomic E-state index is 0.0472. The summed E-state index contributed by atoms with van der Waals surface area (Å²) in [4.78, 5) is 9.76. The van der Waals surface area contributed by atoms with Crippen molar-refractivity contribution in [2.24, 2.45) is 20.8 Å². The average Bonchev–Trinajstić information content (AvgIpc) is 2.79. The summed E-state index contributed by atoms with van der Waals surface area (Å²) in [7, 11) is 0. The topological polar surface area (TPSA) is 89.2 Å². The summed E-state index contributed by atoms with van der Waals surface area (Å²) >= 11 is 0. The van der Waals surface area contributed by atoms with Crippen LogP contribution in [-0.2, 0) is 23.9 Å². The van der Waals surface area contributed by atoms with E-state index < -0.39 is 6.17 Å². The third-order valence-electron chi connectivity index (χ3n) is 7.49. The molecule has 0 saturated carbocycles. The fourth-order valence-corrected chi connectivity index (χ4v) is 4.69. The van der Waals surface area contributed by atoms with E-state index in [9.17, 15) is 10.2 Å². The highest BCUT2D eigenvalue weighted by Crippen LogP contribution is 2.33. The Morgan fingerprint density at radius 1 is 0.675 bits per heavy atom. The fraction of sp³-hybridized carbons (Fsp3) is 0.588. The Morgan fingerprint density at radius 3 is 1.38 bits per heavy atom. The van der Waals surface area contributed by atoms with Gasteiger partial charge in [0, 0.05) is 66.3 Å². The molecule has 40 heavy (non-hydrogen) atoms.